The van der Waals surface area contributed by atoms with Crippen LogP contribution in [0.25, 0.3) is 0 Å². The van der Waals surface area contributed by atoms with Gasteiger partial charge in [0.1, 0.15) is 12.6 Å². The average molecular weight is 142 g/mol. The highest BCUT2D eigenvalue weighted by molar-refractivity contribution is 5.68. The standard InChI is InChI=1S/C8H14O2/c1-4-8(3,6-10)7(2)5-9/h5-7H,4H2,1-3H3. The number of rotatable bonds is 4. The minimum Gasteiger partial charge on any atom is -0.303 e. The summed E-state index contributed by atoms with van der Waals surface area (Å²) in [6, 6.07) is 0. The van der Waals surface area contributed by atoms with Crippen molar-refractivity contribution in [1.29, 1.82) is 0 Å². The molecule has 0 bridgehead atoms. The Morgan fingerprint density at radius 2 is 2.00 bits per heavy atom. The van der Waals surface area contributed by atoms with E-state index in [-0.39, 0.29) is 5.92 Å². The highest BCUT2D eigenvalue weighted by Gasteiger charge is 2.28. The molecule has 0 aromatic carbocycles. The molecule has 2 nitrogen and oxygen atoms in total. The Morgan fingerprint density at radius 3 is 2.10 bits per heavy atom. The van der Waals surface area contributed by atoms with Crippen LogP contribution in [-0.2, 0) is 9.59 Å². The fourth-order valence-electron chi connectivity index (χ4n) is 0.668. The topological polar surface area (TPSA) is 34.1 Å². The van der Waals surface area contributed by atoms with Crippen LogP contribution in [0.4, 0.5) is 0 Å². The Labute approximate surface area is 61.6 Å². The Bertz CT molecular complexity index is 131. The number of hydrogen-bond donors (Lipinski definition) is 0. The molecule has 2 unspecified atom stereocenters. The van der Waals surface area contributed by atoms with Crippen molar-refractivity contribution < 1.29 is 9.59 Å². The summed E-state index contributed by atoms with van der Waals surface area (Å²) in [6.07, 6.45) is 2.42. The number of carbonyl (C=O) groups is 2. The third kappa shape index (κ3) is 1.66. The van der Waals surface area contributed by atoms with Gasteiger partial charge in [-0.15, -0.1) is 0 Å². The van der Waals surface area contributed by atoms with Crippen molar-refractivity contribution >= 4 is 12.6 Å². The summed E-state index contributed by atoms with van der Waals surface area (Å²) in [4.78, 5) is 20.8. The highest BCUT2D eigenvalue weighted by atomic mass is 16.1. The summed E-state index contributed by atoms with van der Waals surface area (Å²) in [6.45, 7) is 5.48. The molecule has 0 aliphatic carbocycles. The normalized spacial score (nSPS) is 19.1. The van der Waals surface area contributed by atoms with E-state index in [2.05, 4.69) is 0 Å². The van der Waals surface area contributed by atoms with Gasteiger partial charge >= 0.3 is 0 Å². The average Bonchev–Trinajstić information content (AvgIpc) is 2.01. The van der Waals surface area contributed by atoms with Crippen LogP contribution in [0.2, 0.25) is 0 Å². The fraction of sp³-hybridized carbons (Fsp3) is 0.750. The van der Waals surface area contributed by atoms with Crippen LogP contribution < -0.4 is 0 Å². The zero-order chi connectivity index (χ0) is 8.20. The lowest BCUT2D eigenvalue weighted by molar-refractivity contribution is -0.124. The molecule has 0 aliphatic heterocycles. The summed E-state index contributed by atoms with van der Waals surface area (Å²) < 4.78 is 0. The predicted octanol–water partition coefficient (Wildman–Crippen LogP) is 1.44. The molecular weight excluding hydrogens is 128 g/mol. The van der Waals surface area contributed by atoms with E-state index in [1.807, 2.05) is 6.92 Å². The van der Waals surface area contributed by atoms with Gasteiger partial charge in [0, 0.05) is 11.3 Å². The second kappa shape index (κ2) is 3.49. The van der Waals surface area contributed by atoms with Gasteiger partial charge in [-0.3, -0.25) is 0 Å². The minimum absolute atomic E-state index is 0.171. The van der Waals surface area contributed by atoms with E-state index >= 15 is 0 Å². The Kier molecular flexibility index (Phi) is 3.26. The Hall–Kier alpha value is -0.660. The fourth-order valence-corrected chi connectivity index (χ4v) is 0.668. The predicted molar refractivity (Wildman–Crippen MR) is 39.7 cm³/mol. The van der Waals surface area contributed by atoms with Crippen LogP contribution >= 0.6 is 0 Å². The zero-order valence-electron chi connectivity index (χ0n) is 6.76. The largest absolute Gasteiger partial charge is 0.303 e. The molecule has 0 fully saturated rings. The second-order valence-electron chi connectivity index (χ2n) is 2.90. The Morgan fingerprint density at radius 1 is 1.50 bits per heavy atom. The van der Waals surface area contributed by atoms with Gasteiger partial charge in [0.2, 0.25) is 0 Å². The van der Waals surface area contributed by atoms with Crippen molar-refractivity contribution in [2.24, 2.45) is 11.3 Å². The van der Waals surface area contributed by atoms with Crippen LogP contribution in [0.1, 0.15) is 27.2 Å². The van der Waals surface area contributed by atoms with E-state index in [9.17, 15) is 9.59 Å². The summed E-state index contributed by atoms with van der Waals surface area (Å²) in [5.41, 5.74) is -0.457. The summed E-state index contributed by atoms with van der Waals surface area (Å²) in [5, 5.41) is 0. The monoisotopic (exact) mass is 142 g/mol. The molecule has 0 aliphatic rings. The molecule has 0 rings (SSSR count). The molecule has 0 saturated heterocycles. The van der Waals surface area contributed by atoms with Crippen LogP contribution in [0.15, 0.2) is 0 Å². The van der Waals surface area contributed by atoms with Gasteiger partial charge in [0.05, 0.1) is 0 Å². The van der Waals surface area contributed by atoms with Gasteiger partial charge in [-0.25, -0.2) is 0 Å². The molecule has 0 heterocycles. The zero-order valence-corrected chi connectivity index (χ0v) is 6.76. The van der Waals surface area contributed by atoms with Crippen molar-refractivity contribution in [1.82, 2.24) is 0 Å². The molecule has 0 aromatic rings. The van der Waals surface area contributed by atoms with E-state index in [0.717, 1.165) is 19.0 Å². The smallest absolute Gasteiger partial charge is 0.126 e. The van der Waals surface area contributed by atoms with E-state index in [1.54, 1.807) is 13.8 Å². The number of aldehydes is 2. The SMILES string of the molecule is CCC(C)(C=O)C(C)C=O. The maximum atomic E-state index is 10.5. The molecule has 58 valence electrons. The molecule has 0 N–H and O–H groups in total. The summed E-state index contributed by atoms with van der Waals surface area (Å²) >= 11 is 0. The quantitative estimate of drug-likeness (QED) is 0.556. The van der Waals surface area contributed by atoms with Gasteiger partial charge in [-0.2, -0.15) is 0 Å². The van der Waals surface area contributed by atoms with Crippen molar-refractivity contribution in [3.05, 3.63) is 0 Å². The molecule has 0 amide bonds. The molecular formula is C8H14O2. The highest BCUT2D eigenvalue weighted by Crippen LogP contribution is 2.26. The van der Waals surface area contributed by atoms with Crippen LogP contribution in [-0.4, -0.2) is 12.6 Å². The van der Waals surface area contributed by atoms with Gasteiger partial charge in [-0.05, 0) is 6.42 Å². The first-order chi connectivity index (χ1) is 4.60. The van der Waals surface area contributed by atoms with Crippen molar-refractivity contribution in [2.75, 3.05) is 0 Å². The lowest BCUT2D eigenvalue weighted by Gasteiger charge is -2.23. The molecule has 0 radical (unpaired) electrons. The molecule has 2 atom stereocenters. The minimum atomic E-state index is -0.457. The van der Waals surface area contributed by atoms with Gasteiger partial charge in [0.25, 0.3) is 0 Å². The first-order valence-electron chi connectivity index (χ1n) is 3.52. The second-order valence-corrected chi connectivity index (χ2v) is 2.90. The third-order valence-corrected chi connectivity index (χ3v) is 2.28. The van der Waals surface area contributed by atoms with Crippen LogP contribution in [0.5, 0.6) is 0 Å². The lowest BCUT2D eigenvalue weighted by atomic mass is 9.78. The van der Waals surface area contributed by atoms with Gasteiger partial charge < -0.3 is 9.59 Å². The van der Waals surface area contributed by atoms with Crippen molar-refractivity contribution in [3.8, 4) is 0 Å². The summed E-state index contributed by atoms with van der Waals surface area (Å²) in [5.74, 6) is -0.171. The number of hydrogen-bond acceptors (Lipinski definition) is 2. The van der Waals surface area contributed by atoms with Crippen molar-refractivity contribution in [2.45, 2.75) is 27.2 Å². The van der Waals surface area contributed by atoms with E-state index in [4.69, 9.17) is 0 Å². The van der Waals surface area contributed by atoms with Gasteiger partial charge in [0.15, 0.2) is 0 Å². The first kappa shape index (κ1) is 9.34. The molecule has 2 heteroatoms. The van der Waals surface area contributed by atoms with Crippen LogP contribution in [0, 0.1) is 11.3 Å². The lowest BCUT2D eigenvalue weighted by Crippen LogP contribution is -2.27. The molecule has 0 saturated carbocycles. The van der Waals surface area contributed by atoms with E-state index in [1.165, 1.54) is 0 Å². The first-order valence-corrected chi connectivity index (χ1v) is 3.52. The molecule has 0 spiro atoms. The third-order valence-electron chi connectivity index (χ3n) is 2.28. The molecule has 10 heavy (non-hydrogen) atoms. The number of carbonyl (C=O) groups excluding carboxylic acids is 2. The Balaban J connectivity index is 4.30. The summed E-state index contributed by atoms with van der Waals surface area (Å²) in [7, 11) is 0. The maximum absolute atomic E-state index is 10.5. The van der Waals surface area contributed by atoms with Gasteiger partial charge in [-0.1, -0.05) is 20.8 Å². The van der Waals surface area contributed by atoms with E-state index in [0.29, 0.717) is 0 Å². The molecule has 0 aromatic heterocycles. The maximum Gasteiger partial charge on any atom is 0.126 e. The van der Waals surface area contributed by atoms with Crippen LogP contribution in [0.3, 0.4) is 0 Å². The van der Waals surface area contributed by atoms with Crippen molar-refractivity contribution in [3.63, 3.8) is 0 Å². The van der Waals surface area contributed by atoms with E-state index < -0.39 is 5.41 Å².